The number of nitrogens with two attached hydrogens (primary N) is 1. The van der Waals surface area contributed by atoms with Gasteiger partial charge in [-0.1, -0.05) is 18.6 Å². The second-order valence-corrected chi connectivity index (χ2v) is 3.32. The number of nitrogens with zero attached hydrogens (tertiary/aromatic N) is 3. The maximum Gasteiger partial charge on any atom is 0.244 e. The van der Waals surface area contributed by atoms with Gasteiger partial charge in [-0.25, -0.2) is 5.84 Å². The Morgan fingerprint density at radius 2 is 2.31 bits per heavy atom. The van der Waals surface area contributed by atoms with Crippen molar-refractivity contribution in [1.29, 1.82) is 0 Å². The van der Waals surface area contributed by atoms with E-state index in [1.54, 1.807) is 0 Å². The Morgan fingerprint density at radius 1 is 1.56 bits per heavy atom. The van der Waals surface area contributed by atoms with E-state index >= 15 is 0 Å². The van der Waals surface area contributed by atoms with Crippen molar-refractivity contribution >= 4 is 11.7 Å². The van der Waals surface area contributed by atoms with Crippen molar-refractivity contribution < 1.29 is 9.59 Å². The molecule has 0 saturated heterocycles. The van der Waals surface area contributed by atoms with Gasteiger partial charge in [0.25, 0.3) is 0 Å². The number of aromatic amines is 1. The molecule has 8 heteroatoms. The van der Waals surface area contributed by atoms with Gasteiger partial charge in [0.05, 0.1) is 12.3 Å². The third-order valence-corrected chi connectivity index (χ3v) is 2.15. The number of H-pyrrole nitrogens is 1. The molecule has 0 aromatic carbocycles. The number of aromatic nitrogens is 4. The van der Waals surface area contributed by atoms with Crippen LogP contribution in [0.4, 0.5) is 0 Å². The number of hydrogen-bond acceptors (Lipinski definition) is 6. The number of amides is 1. The summed E-state index contributed by atoms with van der Waals surface area (Å²) in [4.78, 5) is 23.1. The number of carbonyl (C=O) groups excluding carboxylic acids is 2. The molecular formula is C8H14N6O2. The minimum atomic E-state index is -0.742. The van der Waals surface area contributed by atoms with Gasteiger partial charge in [0.1, 0.15) is 0 Å². The maximum absolute atomic E-state index is 11.8. The molecule has 0 aliphatic carbocycles. The van der Waals surface area contributed by atoms with E-state index in [2.05, 4.69) is 20.6 Å². The van der Waals surface area contributed by atoms with Gasteiger partial charge in [-0.3, -0.25) is 15.0 Å². The van der Waals surface area contributed by atoms with Crippen LogP contribution in [0.1, 0.15) is 25.6 Å². The van der Waals surface area contributed by atoms with E-state index in [9.17, 15) is 9.59 Å². The third kappa shape index (κ3) is 3.09. The number of carbonyl (C=O) groups is 2. The highest BCUT2D eigenvalue weighted by atomic mass is 16.2. The minimum absolute atomic E-state index is 0.0193. The fourth-order valence-electron chi connectivity index (χ4n) is 1.36. The zero-order valence-corrected chi connectivity index (χ0v) is 8.93. The number of Topliss-reactive ketones (excluding diaryl/α,β-unsaturated/α-hetero) is 1. The predicted molar refractivity (Wildman–Crippen MR) is 53.6 cm³/mol. The largest absolute Gasteiger partial charge is 0.298 e. The van der Waals surface area contributed by atoms with Crippen LogP contribution in [0, 0.1) is 5.92 Å². The first-order chi connectivity index (χ1) is 7.69. The van der Waals surface area contributed by atoms with E-state index in [0.29, 0.717) is 6.42 Å². The summed E-state index contributed by atoms with van der Waals surface area (Å²) in [5.41, 5.74) is 1.99. The van der Waals surface area contributed by atoms with Crippen LogP contribution in [0.5, 0.6) is 0 Å². The van der Waals surface area contributed by atoms with Crippen LogP contribution in [0.2, 0.25) is 0 Å². The number of hydrogen-bond donors (Lipinski definition) is 3. The predicted octanol–water partition coefficient (Wildman–Crippen LogP) is -1.28. The Morgan fingerprint density at radius 3 is 2.81 bits per heavy atom. The summed E-state index contributed by atoms with van der Waals surface area (Å²) in [7, 11) is 0. The van der Waals surface area contributed by atoms with Gasteiger partial charge in [0.15, 0.2) is 11.6 Å². The number of nitrogens with one attached hydrogen (secondary N) is 2. The van der Waals surface area contributed by atoms with Crippen molar-refractivity contribution in [2.45, 2.75) is 26.2 Å². The smallest absolute Gasteiger partial charge is 0.244 e. The highest BCUT2D eigenvalue weighted by Crippen LogP contribution is 2.10. The van der Waals surface area contributed by atoms with Crippen molar-refractivity contribution in [3.05, 3.63) is 5.82 Å². The Kier molecular flexibility index (Phi) is 4.52. The van der Waals surface area contributed by atoms with Gasteiger partial charge < -0.3 is 0 Å². The number of tetrazole rings is 1. The molecule has 4 N–H and O–H groups in total. The van der Waals surface area contributed by atoms with Crippen LogP contribution < -0.4 is 11.3 Å². The normalized spacial score (nSPS) is 12.1. The molecule has 1 rings (SSSR count). The molecule has 0 aliphatic heterocycles. The van der Waals surface area contributed by atoms with E-state index in [1.807, 2.05) is 12.3 Å². The summed E-state index contributed by atoms with van der Waals surface area (Å²) < 4.78 is 0. The molecule has 0 saturated carbocycles. The average Bonchev–Trinajstić information content (AvgIpc) is 2.77. The molecular weight excluding hydrogens is 212 g/mol. The summed E-state index contributed by atoms with van der Waals surface area (Å²) in [6.45, 7) is 1.89. The molecule has 0 fully saturated rings. The lowest BCUT2D eigenvalue weighted by Gasteiger charge is -2.11. The molecule has 1 amide bonds. The molecule has 1 heterocycles. The molecule has 0 spiro atoms. The SMILES string of the molecule is CCCC(C(=O)Cc1nn[nH]n1)C(=O)NN. The second-order valence-electron chi connectivity index (χ2n) is 3.32. The topological polar surface area (TPSA) is 127 Å². The molecule has 0 aliphatic rings. The lowest BCUT2D eigenvalue weighted by atomic mass is 9.95. The Bertz CT molecular complexity index is 349. The van der Waals surface area contributed by atoms with Crippen LogP contribution in [0.15, 0.2) is 0 Å². The van der Waals surface area contributed by atoms with Crippen LogP contribution in [-0.4, -0.2) is 32.3 Å². The van der Waals surface area contributed by atoms with Gasteiger partial charge in [0, 0.05) is 0 Å². The molecule has 0 radical (unpaired) electrons. The Labute approximate surface area is 91.9 Å². The van der Waals surface area contributed by atoms with E-state index < -0.39 is 11.8 Å². The second kappa shape index (κ2) is 5.91. The minimum Gasteiger partial charge on any atom is -0.298 e. The molecule has 1 atom stereocenters. The van der Waals surface area contributed by atoms with Gasteiger partial charge >= 0.3 is 0 Å². The van der Waals surface area contributed by atoms with Crippen molar-refractivity contribution in [2.75, 3.05) is 0 Å². The summed E-state index contributed by atoms with van der Waals surface area (Å²) in [6.07, 6.45) is 1.16. The fourth-order valence-corrected chi connectivity index (χ4v) is 1.36. The van der Waals surface area contributed by atoms with Crippen molar-refractivity contribution in [3.8, 4) is 0 Å². The summed E-state index contributed by atoms with van der Waals surface area (Å²) in [6, 6.07) is 0. The van der Waals surface area contributed by atoms with Crippen molar-refractivity contribution in [2.24, 2.45) is 11.8 Å². The number of ketones is 1. The van der Waals surface area contributed by atoms with Crippen molar-refractivity contribution in [1.82, 2.24) is 26.0 Å². The maximum atomic E-state index is 11.8. The first-order valence-corrected chi connectivity index (χ1v) is 4.94. The summed E-state index contributed by atoms with van der Waals surface area (Å²) >= 11 is 0. The van der Waals surface area contributed by atoms with Crippen LogP contribution >= 0.6 is 0 Å². The van der Waals surface area contributed by atoms with Crippen molar-refractivity contribution in [3.63, 3.8) is 0 Å². The summed E-state index contributed by atoms with van der Waals surface area (Å²) in [5.74, 6) is 3.81. The molecule has 0 bridgehead atoms. The van der Waals surface area contributed by atoms with Crippen LogP contribution in [-0.2, 0) is 16.0 Å². The zero-order valence-electron chi connectivity index (χ0n) is 8.93. The summed E-state index contributed by atoms with van der Waals surface area (Å²) in [5, 5.41) is 12.9. The van der Waals surface area contributed by atoms with Gasteiger partial charge in [0.2, 0.25) is 5.91 Å². The van der Waals surface area contributed by atoms with Gasteiger partial charge in [-0.15, -0.1) is 10.2 Å². The average molecular weight is 226 g/mol. The van der Waals surface area contributed by atoms with E-state index in [1.165, 1.54) is 0 Å². The first-order valence-electron chi connectivity index (χ1n) is 4.94. The highest BCUT2D eigenvalue weighted by molar-refractivity contribution is 6.01. The van der Waals surface area contributed by atoms with Crippen LogP contribution in [0.3, 0.4) is 0 Å². The monoisotopic (exact) mass is 226 g/mol. The Hall–Kier alpha value is -1.83. The lowest BCUT2D eigenvalue weighted by molar-refractivity contribution is -0.134. The third-order valence-electron chi connectivity index (χ3n) is 2.15. The van der Waals surface area contributed by atoms with Crippen LogP contribution in [0.25, 0.3) is 0 Å². The molecule has 1 unspecified atom stereocenters. The molecule has 16 heavy (non-hydrogen) atoms. The Balaban J connectivity index is 2.64. The molecule has 88 valence electrons. The first kappa shape index (κ1) is 12.2. The molecule has 8 nitrogen and oxygen atoms in total. The van der Waals surface area contributed by atoms with E-state index in [-0.39, 0.29) is 18.0 Å². The highest BCUT2D eigenvalue weighted by Gasteiger charge is 2.25. The quantitative estimate of drug-likeness (QED) is 0.240. The molecule has 1 aromatic heterocycles. The standard InChI is InChI=1S/C8H14N6O2/c1-2-3-5(8(16)10-9)6(15)4-7-11-13-14-12-7/h5H,2-4,9H2,1H3,(H,10,16)(H,11,12,13,14). The lowest BCUT2D eigenvalue weighted by Crippen LogP contribution is -2.40. The van der Waals surface area contributed by atoms with E-state index in [0.717, 1.165) is 6.42 Å². The zero-order chi connectivity index (χ0) is 12.0. The molecule has 1 aromatic rings. The number of rotatable bonds is 6. The number of hydrazine groups is 1. The van der Waals surface area contributed by atoms with Gasteiger partial charge in [-0.2, -0.15) is 5.21 Å². The van der Waals surface area contributed by atoms with Gasteiger partial charge in [-0.05, 0) is 6.42 Å². The van der Waals surface area contributed by atoms with E-state index in [4.69, 9.17) is 5.84 Å². The fraction of sp³-hybridized carbons (Fsp3) is 0.625.